The summed E-state index contributed by atoms with van der Waals surface area (Å²) in [6, 6.07) is 1.39. The van der Waals surface area contributed by atoms with Crippen LogP contribution in [0, 0.1) is 6.92 Å². The van der Waals surface area contributed by atoms with Gasteiger partial charge in [-0.1, -0.05) is 0 Å². The Hall–Kier alpha value is -1.32. The van der Waals surface area contributed by atoms with Gasteiger partial charge in [0.25, 0.3) is 0 Å². The van der Waals surface area contributed by atoms with E-state index in [1.165, 1.54) is 6.07 Å². The number of nitrogens with zero attached hydrogens (tertiary/aromatic N) is 2. The fourth-order valence-corrected chi connectivity index (χ4v) is 0.651. The summed E-state index contributed by atoms with van der Waals surface area (Å²) in [6.45, 7) is 1.75. The molecule has 0 aromatic carbocycles. The largest absolute Gasteiger partial charge is 0.858 e. The summed E-state index contributed by atoms with van der Waals surface area (Å²) >= 11 is 0. The number of hydrogen-bond acceptors (Lipinski definition) is 4. The Kier molecular flexibility index (Phi) is 1.71. The predicted octanol–water partition coefficient (Wildman–Crippen LogP) is -0.0997. The second kappa shape index (κ2) is 2.51. The second-order valence-electron chi connectivity index (χ2n) is 1.92. The van der Waals surface area contributed by atoms with Crippen LogP contribution >= 0.6 is 0 Å². The van der Waals surface area contributed by atoms with Crippen LogP contribution in [0.2, 0.25) is 0 Å². The third-order valence-electron chi connectivity index (χ3n) is 1.05. The molecular weight excluding hydrogens is 130 g/mol. The molecule has 1 aromatic heterocycles. The van der Waals surface area contributed by atoms with E-state index in [2.05, 4.69) is 15.3 Å². The van der Waals surface area contributed by atoms with Crippen molar-refractivity contribution in [1.82, 2.24) is 9.97 Å². The van der Waals surface area contributed by atoms with Crippen molar-refractivity contribution in [3.63, 3.8) is 0 Å². The van der Waals surface area contributed by atoms with Crippen molar-refractivity contribution in [2.24, 2.45) is 0 Å². The van der Waals surface area contributed by atoms with Crippen molar-refractivity contribution < 1.29 is 5.11 Å². The first kappa shape index (κ1) is 6.80. The molecule has 1 heterocycles. The molecule has 0 unspecified atom stereocenters. The van der Waals surface area contributed by atoms with Crippen LogP contribution in [0.5, 0.6) is 5.88 Å². The van der Waals surface area contributed by atoms with Gasteiger partial charge in [-0.15, -0.1) is 0 Å². The number of anilines is 1. The van der Waals surface area contributed by atoms with Crippen LogP contribution < -0.4 is 10.4 Å². The molecule has 0 saturated heterocycles. The van der Waals surface area contributed by atoms with Crippen molar-refractivity contribution in [2.75, 3.05) is 12.4 Å². The Morgan fingerprint density at radius 1 is 1.50 bits per heavy atom. The van der Waals surface area contributed by atoms with Crippen LogP contribution in [0.3, 0.4) is 0 Å². The highest BCUT2D eigenvalue weighted by Gasteiger charge is 1.90. The molecule has 1 rings (SSSR count). The van der Waals surface area contributed by atoms with Crippen molar-refractivity contribution >= 4 is 5.95 Å². The van der Waals surface area contributed by atoms with Crippen LogP contribution in [0.15, 0.2) is 6.07 Å². The summed E-state index contributed by atoms with van der Waals surface area (Å²) < 4.78 is 0. The third kappa shape index (κ3) is 1.34. The molecule has 1 N–H and O–H groups in total. The monoisotopic (exact) mass is 138 g/mol. The highest BCUT2D eigenvalue weighted by atomic mass is 16.3. The van der Waals surface area contributed by atoms with Crippen LogP contribution in [-0.2, 0) is 0 Å². The minimum Gasteiger partial charge on any atom is -0.858 e. The van der Waals surface area contributed by atoms with Crippen molar-refractivity contribution in [1.29, 1.82) is 0 Å². The topological polar surface area (TPSA) is 60.9 Å². The number of aryl methyl sites for hydroxylation is 1. The number of aromatic nitrogens is 2. The molecule has 0 fully saturated rings. The quantitative estimate of drug-likeness (QED) is 0.588. The summed E-state index contributed by atoms with van der Waals surface area (Å²) in [5, 5.41) is 13.4. The molecule has 0 aliphatic heterocycles. The van der Waals surface area contributed by atoms with Gasteiger partial charge in [-0.2, -0.15) is 0 Å². The Labute approximate surface area is 58.9 Å². The maximum atomic E-state index is 10.7. The highest BCUT2D eigenvalue weighted by molar-refractivity contribution is 5.28. The molecular formula is C6H8N3O-. The van der Waals surface area contributed by atoms with Gasteiger partial charge in [0.05, 0.1) is 0 Å². The van der Waals surface area contributed by atoms with Crippen LogP contribution in [-0.4, -0.2) is 17.0 Å². The van der Waals surface area contributed by atoms with E-state index in [-0.39, 0.29) is 5.88 Å². The SMILES string of the molecule is CNc1nc(C)cc([O-])n1. The smallest absolute Gasteiger partial charge is 0.221 e. The Morgan fingerprint density at radius 2 is 2.20 bits per heavy atom. The summed E-state index contributed by atoms with van der Waals surface area (Å²) in [7, 11) is 1.67. The minimum atomic E-state index is -0.253. The van der Waals surface area contributed by atoms with Crippen molar-refractivity contribution in [3.8, 4) is 5.88 Å². The lowest BCUT2D eigenvalue weighted by atomic mass is 10.4. The molecule has 0 spiro atoms. The fraction of sp³-hybridized carbons (Fsp3) is 0.333. The van der Waals surface area contributed by atoms with E-state index in [1.54, 1.807) is 14.0 Å². The average Bonchev–Trinajstić information content (AvgIpc) is 1.85. The number of hydrogen-bond donors (Lipinski definition) is 1. The van der Waals surface area contributed by atoms with E-state index >= 15 is 0 Å². The number of nitrogens with one attached hydrogen (secondary N) is 1. The molecule has 54 valence electrons. The Bertz CT molecular complexity index is 216. The highest BCUT2D eigenvalue weighted by Crippen LogP contribution is 2.05. The molecule has 4 heteroatoms. The molecule has 0 amide bonds. The predicted molar refractivity (Wildman–Crippen MR) is 35.8 cm³/mol. The average molecular weight is 138 g/mol. The first-order valence-electron chi connectivity index (χ1n) is 2.93. The Morgan fingerprint density at radius 3 is 2.70 bits per heavy atom. The van der Waals surface area contributed by atoms with E-state index in [1.807, 2.05) is 0 Å². The molecule has 0 atom stereocenters. The van der Waals surface area contributed by atoms with Gasteiger partial charge in [-0.3, -0.25) is 0 Å². The summed E-state index contributed by atoms with van der Waals surface area (Å²) in [4.78, 5) is 7.50. The van der Waals surface area contributed by atoms with Crippen LogP contribution in [0.1, 0.15) is 5.69 Å². The molecule has 0 bridgehead atoms. The zero-order valence-electron chi connectivity index (χ0n) is 5.88. The van der Waals surface area contributed by atoms with Crippen LogP contribution in [0.25, 0.3) is 0 Å². The minimum absolute atomic E-state index is 0.253. The van der Waals surface area contributed by atoms with Gasteiger partial charge in [0.15, 0.2) is 0 Å². The van der Waals surface area contributed by atoms with Gasteiger partial charge in [0.1, 0.15) is 0 Å². The van der Waals surface area contributed by atoms with E-state index in [0.29, 0.717) is 11.6 Å². The standard InChI is InChI=1S/C6H9N3O/c1-4-3-5(10)9-6(7-2)8-4/h3H,1-2H3,(H2,7,8,9,10)/p-1. The molecule has 10 heavy (non-hydrogen) atoms. The lowest BCUT2D eigenvalue weighted by Gasteiger charge is -2.06. The van der Waals surface area contributed by atoms with Gasteiger partial charge in [-0.05, 0) is 18.9 Å². The number of rotatable bonds is 1. The molecule has 0 aliphatic rings. The van der Waals surface area contributed by atoms with Gasteiger partial charge >= 0.3 is 0 Å². The first-order chi connectivity index (χ1) is 4.72. The van der Waals surface area contributed by atoms with Crippen molar-refractivity contribution in [3.05, 3.63) is 11.8 Å². The maximum Gasteiger partial charge on any atom is 0.221 e. The summed E-state index contributed by atoms with van der Waals surface area (Å²) in [5.41, 5.74) is 0.685. The normalized spacial score (nSPS) is 9.40. The second-order valence-corrected chi connectivity index (χ2v) is 1.92. The van der Waals surface area contributed by atoms with E-state index < -0.39 is 0 Å². The zero-order valence-corrected chi connectivity index (χ0v) is 5.88. The summed E-state index contributed by atoms with van der Waals surface area (Å²) in [6.07, 6.45) is 0. The zero-order chi connectivity index (χ0) is 7.56. The Balaban J connectivity index is 3.06. The van der Waals surface area contributed by atoms with E-state index in [0.717, 1.165) is 0 Å². The van der Waals surface area contributed by atoms with Crippen LogP contribution in [0.4, 0.5) is 5.95 Å². The molecule has 0 radical (unpaired) electrons. The fourth-order valence-electron chi connectivity index (χ4n) is 0.651. The van der Waals surface area contributed by atoms with Gasteiger partial charge < -0.3 is 10.4 Å². The lowest BCUT2D eigenvalue weighted by molar-refractivity contribution is -0.274. The van der Waals surface area contributed by atoms with Gasteiger partial charge in [0.2, 0.25) is 5.95 Å². The molecule has 0 saturated carbocycles. The molecule has 4 nitrogen and oxygen atoms in total. The van der Waals surface area contributed by atoms with E-state index in [4.69, 9.17) is 0 Å². The molecule has 1 aromatic rings. The van der Waals surface area contributed by atoms with Gasteiger partial charge in [0, 0.05) is 12.7 Å². The van der Waals surface area contributed by atoms with Gasteiger partial charge in [-0.25, -0.2) is 9.97 Å². The van der Waals surface area contributed by atoms with E-state index in [9.17, 15) is 5.11 Å². The third-order valence-corrected chi connectivity index (χ3v) is 1.05. The lowest BCUT2D eigenvalue weighted by Crippen LogP contribution is -2.02. The van der Waals surface area contributed by atoms with Crippen molar-refractivity contribution in [2.45, 2.75) is 6.92 Å². The maximum absolute atomic E-state index is 10.7. The molecule has 0 aliphatic carbocycles. The summed E-state index contributed by atoms with van der Waals surface area (Å²) in [5.74, 6) is 0.127. The first-order valence-corrected chi connectivity index (χ1v) is 2.93.